The van der Waals surface area contributed by atoms with Crippen molar-refractivity contribution in [1.82, 2.24) is 14.1 Å². The summed E-state index contributed by atoms with van der Waals surface area (Å²) in [6.45, 7) is 13.1. The standard InChI is InChI=1S/C37H42N4O.Pt/c1-25-13-14-26-15-16-30(23-34(26)41(25)35-21-27(17-18-38-35)36(2,3)4)42-31-20-28(37(5,6)7)19-29(22-31)40-24-39(8)32-11-9-10-12-33(32)40;/h9-12,15-23,25H,13-14H2,1-8H3;/i8D3;. The van der Waals surface area contributed by atoms with Crippen LogP contribution in [0.5, 0.6) is 11.5 Å². The zero-order valence-electron chi connectivity index (χ0n) is 29.0. The number of para-hydroxylation sites is 2. The number of pyridine rings is 1. The maximum atomic E-state index is 8.26. The Bertz CT molecular complexity index is 2000. The Hall–Kier alpha value is -3.43. The van der Waals surface area contributed by atoms with Crippen LogP contribution in [0, 0.1) is 3.80 Å². The Morgan fingerprint density at radius 3 is 2.33 bits per heavy atom. The minimum atomic E-state index is -2.32. The number of hydrogen-bond acceptors (Lipinski definition) is 3. The average molecular weight is 757 g/mol. The number of benzene rings is 3. The molecule has 0 radical (unpaired) electrons. The zero-order chi connectivity index (χ0) is 33.2. The first-order valence-corrected chi connectivity index (χ1v) is 16.1. The zero-order valence-corrected chi connectivity index (χ0v) is 28.3. The van der Waals surface area contributed by atoms with Crippen LogP contribution in [-0.2, 0) is 43.6 Å². The normalized spacial score (nSPS) is 16.9. The van der Waals surface area contributed by atoms with E-state index in [0.29, 0.717) is 15.1 Å². The first-order chi connectivity index (χ1) is 21.5. The number of hydrogen-bond donors (Lipinski definition) is 0. The summed E-state index contributed by atoms with van der Waals surface area (Å²) in [5, 5.41) is 0. The van der Waals surface area contributed by atoms with Gasteiger partial charge in [0.05, 0.1) is 0 Å². The van der Waals surface area contributed by atoms with Crippen molar-refractivity contribution in [3.63, 3.8) is 0 Å². The predicted octanol–water partition coefficient (Wildman–Crippen LogP) is 9.30. The van der Waals surface area contributed by atoms with E-state index in [1.807, 2.05) is 47.2 Å². The molecule has 6 heteroatoms. The number of anilines is 2. The van der Waals surface area contributed by atoms with Crippen molar-refractivity contribution in [3.05, 3.63) is 99.5 Å². The molecule has 5 aromatic rings. The molecule has 3 heterocycles. The van der Waals surface area contributed by atoms with Crippen LogP contribution < -0.4 is 9.64 Å². The van der Waals surface area contributed by atoms with E-state index in [1.54, 1.807) is 0 Å². The number of fused-ring (bicyclic) bond motifs is 2. The molecular weight excluding hydrogens is 712 g/mol. The number of imidazole rings is 1. The van der Waals surface area contributed by atoms with Gasteiger partial charge in [-0.1, -0.05) is 20.8 Å². The molecule has 1 aliphatic heterocycles. The molecule has 1 atom stereocenters. The van der Waals surface area contributed by atoms with Gasteiger partial charge in [-0.05, 0) is 17.0 Å². The summed E-state index contributed by atoms with van der Waals surface area (Å²) in [6, 6.07) is 24.8. The molecule has 0 saturated carbocycles. The van der Waals surface area contributed by atoms with E-state index >= 15 is 0 Å². The maximum absolute atomic E-state index is 8.26. The molecule has 0 N–H and O–H groups in total. The fraction of sp³-hybridized carbons (Fsp3) is 0.351. The third kappa shape index (κ3) is 5.65. The molecule has 0 fully saturated rings. The molecule has 6 rings (SSSR count). The van der Waals surface area contributed by atoms with E-state index < -0.39 is 6.98 Å². The molecule has 43 heavy (non-hydrogen) atoms. The number of ether oxygens (including phenoxy) is 1. The van der Waals surface area contributed by atoms with Crippen molar-refractivity contribution in [1.29, 1.82) is 0 Å². The molecule has 0 amide bonds. The molecule has 0 aliphatic carbocycles. The first kappa shape index (κ1) is 26.0. The van der Waals surface area contributed by atoms with E-state index in [1.165, 1.54) is 15.7 Å². The van der Waals surface area contributed by atoms with Gasteiger partial charge in [0, 0.05) is 6.20 Å². The van der Waals surface area contributed by atoms with Crippen molar-refractivity contribution in [2.75, 3.05) is 4.90 Å². The van der Waals surface area contributed by atoms with Gasteiger partial charge in [-0.3, -0.25) is 0 Å². The van der Waals surface area contributed by atoms with Gasteiger partial charge in [0.25, 0.3) is 0 Å². The third-order valence-electron chi connectivity index (χ3n) is 8.40. The van der Waals surface area contributed by atoms with Gasteiger partial charge in [0.15, 0.2) is 0 Å². The van der Waals surface area contributed by atoms with Crippen molar-refractivity contribution in [2.24, 2.45) is 6.98 Å². The molecule has 5 nitrogen and oxygen atoms in total. The van der Waals surface area contributed by atoms with Crippen LogP contribution in [0.3, 0.4) is 0 Å². The molecular formula is C37H42N4OPt. The Morgan fingerprint density at radius 1 is 0.860 bits per heavy atom. The van der Waals surface area contributed by atoms with Crippen LogP contribution in [0.4, 0.5) is 11.5 Å². The Labute approximate surface area is 270 Å². The number of rotatable bonds is 4. The van der Waals surface area contributed by atoms with Gasteiger partial charge >= 0.3 is 228 Å². The summed E-state index contributed by atoms with van der Waals surface area (Å²) in [4.78, 5) is 7.16. The second kappa shape index (κ2) is 10.9. The third-order valence-corrected chi connectivity index (χ3v) is 9.42. The summed E-state index contributed by atoms with van der Waals surface area (Å²) < 4.78 is 35.5. The van der Waals surface area contributed by atoms with Crippen molar-refractivity contribution < 1.29 is 28.2 Å². The van der Waals surface area contributed by atoms with Crippen molar-refractivity contribution >= 4 is 22.5 Å². The topological polar surface area (TPSA) is 35.2 Å². The quantitative estimate of drug-likeness (QED) is 0.184. The second-order valence-electron chi connectivity index (χ2n) is 13.7. The van der Waals surface area contributed by atoms with Gasteiger partial charge in [0.1, 0.15) is 0 Å². The van der Waals surface area contributed by atoms with E-state index in [-0.39, 0.29) is 16.9 Å². The van der Waals surface area contributed by atoms with Gasteiger partial charge in [-0.2, -0.15) is 0 Å². The molecule has 0 saturated heterocycles. The molecule has 2 aromatic heterocycles. The number of nitrogens with zero attached hydrogens (tertiary/aromatic N) is 4. The van der Waals surface area contributed by atoms with Gasteiger partial charge < -0.3 is 0 Å². The summed E-state index contributed by atoms with van der Waals surface area (Å²) in [5.74, 6) is 2.39. The van der Waals surface area contributed by atoms with Gasteiger partial charge in [-0.25, -0.2) is 0 Å². The van der Waals surface area contributed by atoms with Crippen LogP contribution >= 0.6 is 0 Å². The number of aromatic nitrogens is 3. The fourth-order valence-corrected chi connectivity index (χ4v) is 6.68. The van der Waals surface area contributed by atoms with Gasteiger partial charge in [-0.15, -0.1) is 0 Å². The summed E-state index contributed by atoms with van der Waals surface area (Å²) in [7, 11) is 0. The summed E-state index contributed by atoms with van der Waals surface area (Å²) in [5.41, 5.74) is 6.91. The minimum absolute atomic E-state index is 0.0198. The Kier molecular flexibility index (Phi) is 6.61. The van der Waals surface area contributed by atoms with Crippen molar-refractivity contribution in [3.8, 4) is 17.2 Å². The van der Waals surface area contributed by atoms with Crippen molar-refractivity contribution in [2.45, 2.75) is 78.2 Å². The second-order valence-corrected chi connectivity index (χ2v) is 14.7. The van der Waals surface area contributed by atoms with E-state index in [4.69, 9.17) is 13.8 Å². The monoisotopic (exact) mass is 756 g/mol. The van der Waals surface area contributed by atoms with Crippen LogP contribution in [-0.4, -0.2) is 20.2 Å². The molecule has 0 spiro atoms. The summed E-state index contributed by atoms with van der Waals surface area (Å²) in [6.07, 6.45) is 3.96. The van der Waals surface area contributed by atoms with E-state index in [0.717, 1.165) is 46.9 Å². The van der Waals surface area contributed by atoms with Crippen LogP contribution in [0.25, 0.3) is 16.7 Å². The number of aryl methyl sites for hydroxylation is 2. The first-order valence-electron chi connectivity index (χ1n) is 16.4. The molecule has 1 unspecified atom stereocenters. The molecule has 226 valence electrons. The SMILES string of the molecule is [2H]C([2H])([2H])n1[c](=[Pt])n(-c2cc(Oc3ccc4c(c3)N(c3cc(C(C)(C)C)ccn3)C(C)CC4)cc(C(C)(C)C)c2)c2ccccc21. The summed E-state index contributed by atoms with van der Waals surface area (Å²) >= 11 is 2.12. The predicted molar refractivity (Wildman–Crippen MR) is 174 cm³/mol. The molecule has 3 aromatic carbocycles. The molecule has 0 bridgehead atoms. The van der Waals surface area contributed by atoms with Crippen LogP contribution in [0.1, 0.15) is 75.7 Å². The Morgan fingerprint density at radius 2 is 1.60 bits per heavy atom. The molecule has 1 aliphatic rings. The Balaban J connectivity index is 1.46. The van der Waals surface area contributed by atoms with Gasteiger partial charge in [0.2, 0.25) is 0 Å². The van der Waals surface area contributed by atoms with Crippen LogP contribution in [0.15, 0.2) is 79.0 Å². The van der Waals surface area contributed by atoms with E-state index in [9.17, 15) is 0 Å². The van der Waals surface area contributed by atoms with Crippen LogP contribution in [0.2, 0.25) is 0 Å². The fourth-order valence-electron chi connectivity index (χ4n) is 5.84. The average Bonchev–Trinajstić information content (AvgIpc) is 3.28. The van der Waals surface area contributed by atoms with E-state index in [2.05, 4.69) is 109 Å².